The van der Waals surface area contributed by atoms with Gasteiger partial charge in [-0.15, -0.1) is 0 Å². The third-order valence-corrected chi connectivity index (χ3v) is 5.47. The highest BCUT2D eigenvalue weighted by Crippen LogP contribution is 2.27. The molecular weight excluding hydrogens is 411 g/mol. The number of carbonyl (C=O) groups excluding carboxylic acids is 1. The molecule has 0 amide bonds. The number of methoxy groups -OCH3 is 1. The molecule has 166 valence electrons. The Kier molecular flexibility index (Phi) is 6.27. The fourth-order valence-electron chi connectivity index (χ4n) is 3.92. The van der Waals surface area contributed by atoms with E-state index in [1.807, 2.05) is 6.07 Å². The molecule has 0 aromatic carbocycles. The van der Waals surface area contributed by atoms with Crippen molar-refractivity contribution in [3.63, 3.8) is 0 Å². The van der Waals surface area contributed by atoms with Crippen LogP contribution in [0.3, 0.4) is 0 Å². The number of pyridine rings is 3. The van der Waals surface area contributed by atoms with Gasteiger partial charge in [-0.2, -0.15) is 0 Å². The van der Waals surface area contributed by atoms with E-state index in [0.29, 0.717) is 12.4 Å². The molecule has 0 unspecified atom stereocenters. The third-order valence-electron chi connectivity index (χ3n) is 5.47. The number of ether oxygens (including phenoxy) is 1. The Morgan fingerprint density at radius 3 is 2.94 bits per heavy atom. The Morgan fingerprint density at radius 1 is 1.31 bits per heavy atom. The van der Waals surface area contributed by atoms with Gasteiger partial charge in [0, 0.05) is 61.3 Å². The summed E-state index contributed by atoms with van der Waals surface area (Å²) in [6.45, 7) is 1.58. The van der Waals surface area contributed by atoms with E-state index < -0.39 is 5.82 Å². The van der Waals surface area contributed by atoms with Crippen molar-refractivity contribution in [3.8, 4) is 17.3 Å². The average molecular weight is 436 g/mol. The summed E-state index contributed by atoms with van der Waals surface area (Å²) in [5, 5.41) is 0. The van der Waals surface area contributed by atoms with Crippen LogP contribution in [0.2, 0.25) is 0 Å². The zero-order valence-electron chi connectivity index (χ0n) is 17.8. The summed E-state index contributed by atoms with van der Waals surface area (Å²) in [5.74, 6) is -0.681. The van der Waals surface area contributed by atoms with Gasteiger partial charge in [0.05, 0.1) is 18.5 Å². The zero-order chi connectivity index (χ0) is 22.7. The lowest BCUT2D eigenvalue weighted by Gasteiger charge is -2.33. The largest absolute Gasteiger partial charge is 0.481 e. The van der Waals surface area contributed by atoms with Crippen LogP contribution in [0.15, 0.2) is 42.7 Å². The Hall–Kier alpha value is -3.59. The summed E-state index contributed by atoms with van der Waals surface area (Å²) in [6, 6.07) is 7.98. The van der Waals surface area contributed by atoms with Crippen LogP contribution in [0, 0.1) is 5.82 Å². The molecule has 0 aliphatic carbocycles. The van der Waals surface area contributed by atoms with Gasteiger partial charge in [-0.1, -0.05) is 6.07 Å². The molecule has 4 rings (SSSR count). The lowest BCUT2D eigenvalue weighted by Crippen LogP contribution is -2.43. The number of ketones is 1. The average Bonchev–Trinajstić information content (AvgIpc) is 2.79. The van der Waals surface area contributed by atoms with Crippen molar-refractivity contribution in [2.24, 2.45) is 5.73 Å². The molecule has 1 atom stereocenters. The molecule has 1 aliphatic heterocycles. The van der Waals surface area contributed by atoms with Crippen molar-refractivity contribution < 1.29 is 13.9 Å². The van der Waals surface area contributed by atoms with E-state index in [9.17, 15) is 9.18 Å². The predicted octanol–water partition coefficient (Wildman–Crippen LogP) is 2.62. The minimum absolute atomic E-state index is 0.00355. The van der Waals surface area contributed by atoms with Crippen molar-refractivity contribution in [1.29, 1.82) is 0 Å². The molecule has 3 aromatic rings. The van der Waals surface area contributed by atoms with Gasteiger partial charge in [0.25, 0.3) is 0 Å². The second-order valence-electron chi connectivity index (χ2n) is 7.77. The number of rotatable bonds is 6. The lowest BCUT2D eigenvalue weighted by atomic mass is 10.0. The molecule has 0 radical (unpaired) electrons. The van der Waals surface area contributed by atoms with E-state index in [0.717, 1.165) is 36.7 Å². The monoisotopic (exact) mass is 436 g/mol. The Morgan fingerprint density at radius 2 is 2.16 bits per heavy atom. The number of Topliss-reactive ketones (excluding diaryl/α,β-unsaturated/α-hetero) is 1. The molecule has 4 N–H and O–H groups in total. The number of hydrogen-bond acceptors (Lipinski definition) is 8. The highest BCUT2D eigenvalue weighted by atomic mass is 19.1. The molecular formula is C23H25FN6O2. The smallest absolute Gasteiger partial charge is 0.213 e. The summed E-state index contributed by atoms with van der Waals surface area (Å²) < 4.78 is 19.7. The molecule has 0 saturated carbocycles. The van der Waals surface area contributed by atoms with Crippen LogP contribution >= 0.6 is 0 Å². The van der Waals surface area contributed by atoms with Crippen LogP contribution in [-0.2, 0) is 6.42 Å². The number of nitrogens with two attached hydrogens (primary N) is 2. The summed E-state index contributed by atoms with van der Waals surface area (Å²) in [6.07, 6.45) is 5.36. The standard InChI is InChI=1S/C23H25FN6O2/c1-32-21-6-2-5-18(28-21)22-16(24)11-17(26)23(29-22)20(31)10-14-12-27-8-7-19(14)30-9-3-4-15(25)13-30/h2,5-8,11-12,15H,3-4,9-10,13,25-26H2,1H3/t15-/m0/s1. The highest BCUT2D eigenvalue weighted by Gasteiger charge is 2.23. The number of nitrogens with zero attached hydrogens (tertiary/aromatic N) is 4. The molecule has 1 saturated heterocycles. The molecule has 8 nitrogen and oxygen atoms in total. The number of hydrogen-bond donors (Lipinski definition) is 2. The van der Waals surface area contributed by atoms with Crippen LogP contribution in [-0.4, -0.2) is 47.0 Å². The molecule has 0 spiro atoms. The molecule has 32 heavy (non-hydrogen) atoms. The van der Waals surface area contributed by atoms with Gasteiger partial charge in [0.1, 0.15) is 11.4 Å². The Bertz CT molecular complexity index is 1140. The van der Waals surface area contributed by atoms with Crippen LogP contribution in [0.4, 0.5) is 15.8 Å². The first-order chi connectivity index (χ1) is 15.5. The SMILES string of the molecule is COc1cccc(-c2nc(C(=O)Cc3cnccc3N3CCC[C@H](N)C3)c(N)cc2F)n1. The first-order valence-corrected chi connectivity index (χ1v) is 10.4. The normalized spacial score (nSPS) is 16.1. The van der Waals surface area contributed by atoms with Gasteiger partial charge in [0.2, 0.25) is 5.88 Å². The molecule has 3 aromatic heterocycles. The van der Waals surface area contributed by atoms with Crippen molar-refractivity contribution >= 4 is 17.2 Å². The van der Waals surface area contributed by atoms with E-state index in [4.69, 9.17) is 16.2 Å². The maximum Gasteiger partial charge on any atom is 0.213 e. The van der Waals surface area contributed by atoms with Gasteiger partial charge in [-0.25, -0.2) is 14.4 Å². The van der Waals surface area contributed by atoms with Crippen molar-refractivity contribution in [2.75, 3.05) is 30.8 Å². The zero-order valence-corrected chi connectivity index (χ0v) is 17.8. The van der Waals surface area contributed by atoms with Gasteiger partial charge in [0.15, 0.2) is 11.6 Å². The first-order valence-electron chi connectivity index (χ1n) is 10.4. The number of anilines is 2. The van der Waals surface area contributed by atoms with Crippen LogP contribution < -0.4 is 21.1 Å². The maximum atomic E-state index is 14.6. The van der Waals surface area contributed by atoms with Gasteiger partial charge in [-0.3, -0.25) is 9.78 Å². The second-order valence-corrected chi connectivity index (χ2v) is 7.77. The predicted molar refractivity (Wildman–Crippen MR) is 120 cm³/mol. The summed E-state index contributed by atoms with van der Waals surface area (Å²) in [4.78, 5) is 28.0. The third kappa shape index (κ3) is 4.52. The lowest BCUT2D eigenvalue weighted by molar-refractivity contribution is 0.0989. The number of nitrogen functional groups attached to an aromatic ring is 1. The fraction of sp³-hybridized carbons (Fsp3) is 0.304. The van der Waals surface area contributed by atoms with E-state index in [1.165, 1.54) is 7.11 Å². The fourth-order valence-corrected chi connectivity index (χ4v) is 3.92. The number of carbonyl (C=O) groups is 1. The Labute approximate surface area is 185 Å². The molecule has 1 aliphatic rings. The number of aromatic nitrogens is 3. The van der Waals surface area contributed by atoms with Crippen LogP contribution in [0.5, 0.6) is 5.88 Å². The first kappa shape index (κ1) is 21.6. The van der Waals surface area contributed by atoms with E-state index >= 15 is 0 Å². The van der Waals surface area contributed by atoms with E-state index in [-0.39, 0.29) is 41.0 Å². The van der Waals surface area contributed by atoms with Crippen LogP contribution in [0.25, 0.3) is 11.4 Å². The second kappa shape index (κ2) is 9.27. The summed E-state index contributed by atoms with van der Waals surface area (Å²) in [5.41, 5.74) is 13.9. The van der Waals surface area contributed by atoms with E-state index in [2.05, 4.69) is 19.9 Å². The van der Waals surface area contributed by atoms with E-state index in [1.54, 1.807) is 30.6 Å². The quantitative estimate of drug-likeness (QED) is 0.566. The Balaban J connectivity index is 1.65. The van der Waals surface area contributed by atoms with Gasteiger partial charge < -0.3 is 21.1 Å². The molecule has 1 fully saturated rings. The number of piperidine rings is 1. The summed E-state index contributed by atoms with van der Waals surface area (Å²) in [7, 11) is 1.47. The van der Waals surface area contributed by atoms with Gasteiger partial charge in [-0.05, 0) is 25.0 Å². The van der Waals surface area contributed by atoms with Crippen molar-refractivity contribution in [2.45, 2.75) is 25.3 Å². The molecule has 0 bridgehead atoms. The highest BCUT2D eigenvalue weighted by molar-refractivity contribution is 6.01. The molecule has 4 heterocycles. The van der Waals surface area contributed by atoms with Gasteiger partial charge >= 0.3 is 0 Å². The minimum atomic E-state index is -0.663. The van der Waals surface area contributed by atoms with Crippen LogP contribution in [0.1, 0.15) is 28.9 Å². The number of halogens is 1. The topological polar surface area (TPSA) is 120 Å². The molecule has 9 heteroatoms. The van der Waals surface area contributed by atoms with Crippen molar-refractivity contribution in [1.82, 2.24) is 15.0 Å². The van der Waals surface area contributed by atoms with Crippen molar-refractivity contribution in [3.05, 3.63) is 59.8 Å². The minimum Gasteiger partial charge on any atom is -0.481 e. The maximum absolute atomic E-state index is 14.6. The summed E-state index contributed by atoms with van der Waals surface area (Å²) >= 11 is 0.